The highest BCUT2D eigenvalue weighted by atomic mass is 16.2. The van der Waals surface area contributed by atoms with Crippen molar-refractivity contribution >= 4 is 6.03 Å². The van der Waals surface area contributed by atoms with E-state index in [1.807, 2.05) is 4.68 Å². The van der Waals surface area contributed by atoms with Crippen molar-refractivity contribution in [2.24, 2.45) is 5.92 Å². The van der Waals surface area contributed by atoms with Crippen LogP contribution < -0.4 is 10.6 Å². The fourth-order valence-corrected chi connectivity index (χ4v) is 3.94. The molecule has 7 heteroatoms. The average Bonchev–Trinajstić information content (AvgIpc) is 3.19. The summed E-state index contributed by atoms with van der Waals surface area (Å²) >= 11 is 0. The van der Waals surface area contributed by atoms with Crippen molar-refractivity contribution in [3.05, 3.63) is 11.6 Å². The SMILES string of the molecule is CCc1nc2n(n1)CCC[C@@H]2NC(=O)NC[C@@H]1CCCN1CC(C)C. The van der Waals surface area contributed by atoms with Crippen LogP contribution in [0, 0.1) is 5.92 Å². The number of hydrogen-bond donors (Lipinski definition) is 2. The molecular weight excluding hydrogens is 316 g/mol. The van der Waals surface area contributed by atoms with E-state index < -0.39 is 0 Å². The predicted molar refractivity (Wildman–Crippen MR) is 97.3 cm³/mol. The summed E-state index contributed by atoms with van der Waals surface area (Å²) in [6.45, 7) is 10.4. The van der Waals surface area contributed by atoms with Crippen LogP contribution in [-0.2, 0) is 13.0 Å². The monoisotopic (exact) mass is 348 g/mol. The number of amides is 2. The number of fused-ring (bicyclic) bond motifs is 1. The molecule has 2 atom stereocenters. The van der Waals surface area contributed by atoms with Crippen LogP contribution in [0.15, 0.2) is 0 Å². The predicted octanol–water partition coefficient (Wildman–Crippen LogP) is 2.09. The second-order valence-electron chi connectivity index (χ2n) is 7.70. The quantitative estimate of drug-likeness (QED) is 0.825. The van der Waals surface area contributed by atoms with Gasteiger partial charge in [0.25, 0.3) is 0 Å². The van der Waals surface area contributed by atoms with Gasteiger partial charge in [0.15, 0.2) is 5.82 Å². The fourth-order valence-electron chi connectivity index (χ4n) is 3.94. The maximum absolute atomic E-state index is 12.4. The fraction of sp³-hybridized carbons (Fsp3) is 0.833. The zero-order chi connectivity index (χ0) is 17.8. The van der Waals surface area contributed by atoms with Crippen LogP contribution in [0.2, 0.25) is 0 Å². The van der Waals surface area contributed by atoms with Gasteiger partial charge in [0.05, 0.1) is 6.04 Å². The van der Waals surface area contributed by atoms with Crippen molar-refractivity contribution in [3.63, 3.8) is 0 Å². The van der Waals surface area contributed by atoms with Crippen LogP contribution in [-0.4, -0.2) is 51.4 Å². The second-order valence-corrected chi connectivity index (χ2v) is 7.70. The van der Waals surface area contributed by atoms with Gasteiger partial charge in [0.2, 0.25) is 0 Å². The molecule has 2 aliphatic heterocycles. The zero-order valence-corrected chi connectivity index (χ0v) is 15.8. The number of nitrogens with one attached hydrogen (secondary N) is 2. The first-order valence-electron chi connectivity index (χ1n) is 9.78. The van der Waals surface area contributed by atoms with Gasteiger partial charge in [-0.15, -0.1) is 0 Å². The summed E-state index contributed by atoms with van der Waals surface area (Å²) in [5, 5.41) is 10.7. The standard InChI is InChI=1S/C18H32N6O/c1-4-16-21-17-15(8-6-10-24(17)22-16)20-18(25)19-11-14-7-5-9-23(14)12-13(2)3/h13-15H,4-12H2,1-3H3,(H2,19,20,25)/t14-,15-/m0/s1. The first-order valence-corrected chi connectivity index (χ1v) is 9.78. The first-order chi connectivity index (χ1) is 12.1. The minimum absolute atomic E-state index is 0.0307. The normalized spacial score (nSPS) is 23.7. The molecule has 1 saturated heterocycles. The number of urea groups is 1. The topological polar surface area (TPSA) is 75.1 Å². The van der Waals surface area contributed by atoms with Crippen molar-refractivity contribution in [1.29, 1.82) is 0 Å². The lowest BCUT2D eigenvalue weighted by Crippen LogP contribution is -2.46. The van der Waals surface area contributed by atoms with E-state index in [0.717, 1.165) is 57.1 Å². The Bertz CT molecular complexity index is 584. The number of likely N-dealkylation sites (tertiary alicyclic amines) is 1. The maximum Gasteiger partial charge on any atom is 0.315 e. The number of carbonyl (C=O) groups is 1. The third kappa shape index (κ3) is 4.51. The largest absolute Gasteiger partial charge is 0.337 e. The van der Waals surface area contributed by atoms with Gasteiger partial charge in [-0.3, -0.25) is 4.90 Å². The molecule has 0 radical (unpaired) electrons. The van der Waals surface area contributed by atoms with E-state index in [0.29, 0.717) is 12.0 Å². The van der Waals surface area contributed by atoms with Crippen molar-refractivity contribution < 1.29 is 4.79 Å². The Morgan fingerprint density at radius 2 is 2.08 bits per heavy atom. The molecule has 2 amide bonds. The van der Waals surface area contributed by atoms with E-state index in [1.165, 1.54) is 12.8 Å². The number of aryl methyl sites for hydroxylation is 2. The molecule has 3 rings (SSSR count). The van der Waals surface area contributed by atoms with E-state index in [4.69, 9.17) is 0 Å². The molecular formula is C18H32N6O. The lowest BCUT2D eigenvalue weighted by molar-refractivity contribution is 0.210. The molecule has 25 heavy (non-hydrogen) atoms. The molecule has 1 aromatic heterocycles. The van der Waals surface area contributed by atoms with Crippen molar-refractivity contribution in [2.45, 2.75) is 71.5 Å². The van der Waals surface area contributed by atoms with Crippen LogP contribution in [0.25, 0.3) is 0 Å². The Labute approximate surface area is 150 Å². The summed E-state index contributed by atoms with van der Waals surface area (Å²) in [6, 6.07) is 0.350. The average molecular weight is 348 g/mol. The van der Waals surface area contributed by atoms with Crippen LogP contribution in [0.3, 0.4) is 0 Å². The Hall–Kier alpha value is -1.63. The van der Waals surface area contributed by atoms with Crippen molar-refractivity contribution in [3.8, 4) is 0 Å². The van der Waals surface area contributed by atoms with E-state index in [-0.39, 0.29) is 12.1 Å². The molecule has 1 aromatic rings. The summed E-state index contributed by atoms with van der Waals surface area (Å²) in [5.41, 5.74) is 0. The molecule has 140 valence electrons. The Morgan fingerprint density at radius 1 is 1.28 bits per heavy atom. The highest BCUT2D eigenvalue weighted by molar-refractivity contribution is 5.74. The Morgan fingerprint density at radius 3 is 2.84 bits per heavy atom. The number of nitrogens with zero attached hydrogens (tertiary/aromatic N) is 4. The summed E-state index contributed by atoms with van der Waals surface area (Å²) in [4.78, 5) is 19.5. The molecule has 2 aliphatic rings. The van der Waals surface area contributed by atoms with E-state index >= 15 is 0 Å². The van der Waals surface area contributed by atoms with Gasteiger partial charge in [-0.25, -0.2) is 14.5 Å². The van der Waals surface area contributed by atoms with Crippen LogP contribution in [0.1, 0.15) is 64.1 Å². The van der Waals surface area contributed by atoms with Crippen LogP contribution >= 0.6 is 0 Å². The van der Waals surface area contributed by atoms with Gasteiger partial charge in [0, 0.05) is 32.1 Å². The Balaban J connectivity index is 1.51. The van der Waals surface area contributed by atoms with Crippen LogP contribution in [0.5, 0.6) is 0 Å². The number of rotatable bonds is 6. The highest BCUT2D eigenvalue weighted by Crippen LogP contribution is 2.23. The number of carbonyl (C=O) groups excluding carboxylic acids is 1. The number of hydrogen-bond acceptors (Lipinski definition) is 4. The van der Waals surface area contributed by atoms with Gasteiger partial charge in [-0.2, -0.15) is 5.10 Å². The smallest absolute Gasteiger partial charge is 0.315 e. The highest BCUT2D eigenvalue weighted by Gasteiger charge is 2.27. The minimum atomic E-state index is -0.0871. The summed E-state index contributed by atoms with van der Waals surface area (Å²) < 4.78 is 1.95. The molecule has 0 aromatic carbocycles. The number of aromatic nitrogens is 3. The third-order valence-electron chi connectivity index (χ3n) is 5.14. The maximum atomic E-state index is 12.4. The molecule has 0 aliphatic carbocycles. The molecule has 3 heterocycles. The molecule has 0 unspecified atom stereocenters. The molecule has 2 N–H and O–H groups in total. The minimum Gasteiger partial charge on any atom is -0.337 e. The van der Waals surface area contributed by atoms with Gasteiger partial charge < -0.3 is 10.6 Å². The molecule has 0 bridgehead atoms. The molecule has 0 saturated carbocycles. The first kappa shape index (κ1) is 18.2. The van der Waals surface area contributed by atoms with Crippen molar-refractivity contribution in [1.82, 2.24) is 30.3 Å². The van der Waals surface area contributed by atoms with Gasteiger partial charge >= 0.3 is 6.03 Å². The lowest BCUT2D eigenvalue weighted by Gasteiger charge is -2.27. The summed E-state index contributed by atoms with van der Waals surface area (Å²) in [6.07, 6.45) is 5.18. The zero-order valence-electron chi connectivity index (χ0n) is 15.8. The van der Waals surface area contributed by atoms with Gasteiger partial charge in [0.1, 0.15) is 5.82 Å². The Kier molecular flexibility index (Phi) is 5.93. The van der Waals surface area contributed by atoms with E-state index in [2.05, 4.69) is 46.4 Å². The molecule has 1 fully saturated rings. The van der Waals surface area contributed by atoms with E-state index in [9.17, 15) is 4.79 Å². The molecule has 7 nitrogen and oxygen atoms in total. The summed E-state index contributed by atoms with van der Waals surface area (Å²) in [7, 11) is 0. The van der Waals surface area contributed by atoms with E-state index in [1.54, 1.807) is 0 Å². The molecule has 0 spiro atoms. The third-order valence-corrected chi connectivity index (χ3v) is 5.14. The lowest BCUT2D eigenvalue weighted by atomic mass is 10.1. The van der Waals surface area contributed by atoms with Gasteiger partial charge in [-0.05, 0) is 38.1 Å². The summed E-state index contributed by atoms with van der Waals surface area (Å²) in [5.74, 6) is 2.43. The van der Waals surface area contributed by atoms with Gasteiger partial charge in [-0.1, -0.05) is 20.8 Å². The van der Waals surface area contributed by atoms with Crippen molar-refractivity contribution in [2.75, 3.05) is 19.6 Å². The second kappa shape index (κ2) is 8.17. The van der Waals surface area contributed by atoms with Crippen LogP contribution in [0.4, 0.5) is 4.79 Å².